The summed E-state index contributed by atoms with van der Waals surface area (Å²) in [6, 6.07) is 5.26. The van der Waals surface area contributed by atoms with E-state index in [4.69, 9.17) is 27.9 Å². The summed E-state index contributed by atoms with van der Waals surface area (Å²) in [5.41, 5.74) is 1.59. The van der Waals surface area contributed by atoms with Gasteiger partial charge in [0.25, 0.3) is 0 Å². The molecule has 3 nitrogen and oxygen atoms in total. The monoisotopic (exact) mass is 418 g/mol. The van der Waals surface area contributed by atoms with Crippen molar-refractivity contribution in [2.45, 2.75) is 59.3 Å². The normalized spacial score (nSPS) is 24.1. The molecule has 0 spiro atoms. The first kappa shape index (κ1) is 19.7. The molecule has 0 bridgehead atoms. The van der Waals surface area contributed by atoms with Gasteiger partial charge in [-0.05, 0) is 28.5 Å². The number of Topliss-reactive ketones (excluding diaryl/α,β-unsaturated/α-hetero) is 2. The molecule has 4 rings (SSSR count). The summed E-state index contributed by atoms with van der Waals surface area (Å²) in [5.74, 6) is 0.983. The fourth-order valence-electron chi connectivity index (χ4n) is 4.72. The molecule has 0 N–H and O–H groups in total. The highest BCUT2D eigenvalue weighted by Gasteiger charge is 2.48. The van der Waals surface area contributed by atoms with Gasteiger partial charge in [0.1, 0.15) is 11.5 Å². The van der Waals surface area contributed by atoms with Gasteiger partial charge in [-0.15, -0.1) is 0 Å². The quantitative estimate of drug-likeness (QED) is 0.530. The molecule has 1 aliphatic heterocycles. The van der Waals surface area contributed by atoms with Crippen molar-refractivity contribution in [1.29, 1.82) is 0 Å². The van der Waals surface area contributed by atoms with Crippen LogP contribution in [-0.4, -0.2) is 11.6 Å². The van der Waals surface area contributed by atoms with Gasteiger partial charge in [0, 0.05) is 52.8 Å². The van der Waals surface area contributed by atoms with E-state index in [0.717, 1.165) is 5.56 Å². The fraction of sp³-hybridized carbons (Fsp3) is 0.478. The Balaban J connectivity index is 1.94. The summed E-state index contributed by atoms with van der Waals surface area (Å²) in [4.78, 5) is 26.3. The first-order valence-electron chi connectivity index (χ1n) is 9.63. The summed E-state index contributed by atoms with van der Waals surface area (Å²) in [6.45, 7) is 8.29. The maximum Gasteiger partial charge on any atom is 0.163 e. The molecule has 5 heteroatoms. The van der Waals surface area contributed by atoms with Crippen molar-refractivity contribution in [2.24, 2.45) is 10.8 Å². The predicted molar refractivity (Wildman–Crippen MR) is 110 cm³/mol. The highest BCUT2D eigenvalue weighted by Crippen LogP contribution is 2.54. The van der Waals surface area contributed by atoms with E-state index in [1.807, 2.05) is 6.07 Å². The van der Waals surface area contributed by atoms with Crippen molar-refractivity contribution >= 4 is 34.8 Å². The van der Waals surface area contributed by atoms with Gasteiger partial charge in [-0.1, -0.05) is 57.0 Å². The van der Waals surface area contributed by atoms with Gasteiger partial charge in [0.2, 0.25) is 0 Å². The Labute approximate surface area is 175 Å². The highest BCUT2D eigenvalue weighted by atomic mass is 35.5. The van der Waals surface area contributed by atoms with Crippen LogP contribution in [0, 0.1) is 10.8 Å². The molecule has 2 aliphatic carbocycles. The van der Waals surface area contributed by atoms with Crippen molar-refractivity contribution in [3.63, 3.8) is 0 Å². The van der Waals surface area contributed by atoms with E-state index in [1.165, 1.54) is 0 Å². The van der Waals surface area contributed by atoms with Crippen LogP contribution in [-0.2, 0) is 14.3 Å². The second-order valence-corrected chi connectivity index (χ2v) is 10.6. The minimum Gasteiger partial charge on any atom is -0.465 e. The van der Waals surface area contributed by atoms with Gasteiger partial charge >= 0.3 is 0 Å². The molecule has 0 saturated carbocycles. The van der Waals surface area contributed by atoms with E-state index in [0.29, 0.717) is 58.4 Å². The molecule has 148 valence electrons. The smallest absolute Gasteiger partial charge is 0.163 e. The predicted octanol–water partition coefficient (Wildman–Crippen LogP) is 6.39. The highest BCUT2D eigenvalue weighted by molar-refractivity contribution is 6.35. The number of ether oxygens (including phenoxy) is 1. The number of carbonyl (C=O) groups excluding carboxylic acids is 2. The Morgan fingerprint density at radius 1 is 0.857 bits per heavy atom. The van der Waals surface area contributed by atoms with Crippen molar-refractivity contribution < 1.29 is 14.3 Å². The van der Waals surface area contributed by atoms with Gasteiger partial charge in [0.05, 0.1) is 0 Å². The SMILES string of the molecule is CC1(C)CC(=O)C2=C(C1)OC1=C(C(=O)CC(C)(C)C1)C2c1ccc(Cl)cc1Cl. The molecular formula is C23H24Cl2O3. The topological polar surface area (TPSA) is 43.4 Å². The van der Waals surface area contributed by atoms with E-state index in [2.05, 4.69) is 27.7 Å². The molecular weight excluding hydrogens is 395 g/mol. The molecule has 28 heavy (non-hydrogen) atoms. The number of halogens is 2. The standard InChI is InChI=1S/C23H24Cl2O3/c1-22(2)8-15(26)20-17(10-22)28-18-11-23(3,4)9-16(27)21(18)19(20)13-6-5-12(24)7-14(13)25/h5-7,19H,8-11H2,1-4H3. The summed E-state index contributed by atoms with van der Waals surface area (Å²) in [7, 11) is 0. The van der Waals surface area contributed by atoms with E-state index < -0.39 is 5.92 Å². The van der Waals surface area contributed by atoms with E-state index in [9.17, 15) is 9.59 Å². The lowest BCUT2D eigenvalue weighted by Crippen LogP contribution is -2.37. The molecule has 1 aromatic carbocycles. The van der Waals surface area contributed by atoms with Crippen molar-refractivity contribution in [1.82, 2.24) is 0 Å². The van der Waals surface area contributed by atoms with Crippen LogP contribution in [0.4, 0.5) is 0 Å². The zero-order valence-electron chi connectivity index (χ0n) is 16.6. The summed E-state index contributed by atoms with van der Waals surface area (Å²) in [6.07, 6.45) is 2.20. The van der Waals surface area contributed by atoms with Crippen LogP contribution in [0.5, 0.6) is 0 Å². The largest absolute Gasteiger partial charge is 0.465 e. The Kier molecular flexibility index (Phi) is 4.55. The lowest BCUT2D eigenvalue weighted by Gasteiger charge is -2.42. The molecule has 3 aliphatic rings. The maximum atomic E-state index is 13.2. The Hall–Kier alpha value is -1.58. The van der Waals surface area contributed by atoms with E-state index in [-0.39, 0.29) is 22.4 Å². The zero-order chi connectivity index (χ0) is 20.4. The third kappa shape index (κ3) is 3.33. The summed E-state index contributed by atoms with van der Waals surface area (Å²) < 4.78 is 6.27. The number of ketones is 2. The van der Waals surface area contributed by atoms with Crippen LogP contribution < -0.4 is 0 Å². The Morgan fingerprint density at radius 2 is 1.36 bits per heavy atom. The van der Waals surface area contributed by atoms with E-state index >= 15 is 0 Å². The van der Waals surface area contributed by atoms with Gasteiger partial charge in [-0.2, -0.15) is 0 Å². The number of benzene rings is 1. The van der Waals surface area contributed by atoms with Crippen LogP contribution in [0.2, 0.25) is 10.0 Å². The first-order chi connectivity index (χ1) is 13.0. The minimum atomic E-state index is -0.476. The molecule has 0 unspecified atom stereocenters. The number of hydrogen-bond acceptors (Lipinski definition) is 3. The van der Waals surface area contributed by atoms with Crippen molar-refractivity contribution in [2.75, 3.05) is 0 Å². The van der Waals surface area contributed by atoms with Crippen LogP contribution >= 0.6 is 23.2 Å². The van der Waals surface area contributed by atoms with Crippen LogP contribution in [0.1, 0.15) is 64.9 Å². The number of carbonyl (C=O) groups is 2. The molecule has 0 saturated heterocycles. The van der Waals surface area contributed by atoms with Gasteiger partial charge in [0.15, 0.2) is 11.6 Å². The van der Waals surface area contributed by atoms with Crippen LogP contribution in [0.3, 0.4) is 0 Å². The van der Waals surface area contributed by atoms with Gasteiger partial charge in [-0.3, -0.25) is 9.59 Å². The summed E-state index contributed by atoms with van der Waals surface area (Å²) >= 11 is 12.6. The van der Waals surface area contributed by atoms with E-state index in [1.54, 1.807) is 12.1 Å². The average Bonchev–Trinajstić information content (AvgIpc) is 2.50. The number of rotatable bonds is 1. The Bertz CT molecular complexity index is 914. The molecule has 0 atom stereocenters. The second kappa shape index (κ2) is 6.47. The van der Waals surface area contributed by atoms with Crippen molar-refractivity contribution in [3.8, 4) is 0 Å². The fourth-order valence-corrected chi connectivity index (χ4v) is 5.24. The summed E-state index contributed by atoms with van der Waals surface area (Å²) in [5, 5.41) is 0.991. The van der Waals surface area contributed by atoms with Crippen LogP contribution in [0.25, 0.3) is 0 Å². The number of hydrogen-bond donors (Lipinski definition) is 0. The number of allylic oxidation sites excluding steroid dienone is 4. The minimum absolute atomic E-state index is 0.0338. The third-order valence-corrected chi connectivity index (χ3v) is 6.42. The van der Waals surface area contributed by atoms with Gasteiger partial charge < -0.3 is 4.74 Å². The molecule has 1 heterocycles. The molecule has 0 aromatic heterocycles. The maximum absolute atomic E-state index is 13.2. The Morgan fingerprint density at radius 3 is 1.82 bits per heavy atom. The first-order valence-corrected chi connectivity index (χ1v) is 10.4. The molecule has 1 aromatic rings. The lowest BCUT2D eigenvalue weighted by molar-refractivity contribution is -0.120. The molecule has 0 fully saturated rings. The average molecular weight is 419 g/mol. The van der Waals surface area contributed by atoms with Crippen LogP contribution in [0.15, 0.2) is 40.9 Å². The lowest BCUT2D eigenvalue weighted by atomic mass is 9.65. The molecule has 0 radical (unpaired) electrons. The van der Waals surface area contributed by atoms with Crippen molar-refractivity contribution in [3.05, 3.63) is 56.5 Å². The van der Waals surface area contributed by atoms with Gasteiger partial charge in [-0.25, -0.2) is 0 Å². The zero-order valence-corrected chi connectivity index (χ0v) is 18.1. The third-order valence-electron chi connectivity index (χ3n) is 5.86. The second-order valence-electron chi connectivity index (χ2n) is 9.76. The molecule has 0 amide bonds.